The maximum Gasteiger partial charge on any atom is 0.230 e. The van der Waals surface area contributed by atoms with E-state index in [1.165, 1.54) is 0 Å². The summed E-state index contributed by atoms with van der Waals surface area (Å²) in [7, 11) is 1.97. The van der Waals surface area contributed by atoms with E-state index in [0.29, 0.717) is 11.9 Å². The minimum atomic E-state index is 0.0970. The molecule has 3 aromatic rings. The average Bonchev–Trinajstić information content (AvgIpc) is 3.14. The highest BCUT2D eigenvalue weighted by Gasteiger charge is 2.22. The van der Waals surface area contributed by atoms with Crippen molar-refractivity contribution in [3.63, 3.8) is 0 Å². The van der Waals surface area contributed by atoms with Crippen LogP contribution in [0.5, 0.6) is 0 Å². The first-order valence-corrected chi connectivity index (χ1v) is 9.95. The number of nitrogens with zero attached hydrogens (tertiary/aromatic N) is 5. The first kappa shape index (κ1) is 17.9. The third-order valence-corrected chi connectivity index (χ3v) is 5.86. The Labute approximate surface area is 161 Å². The number of piperidine rings is 1. The summed E-state index contributed by atoms with van der Waals surface area (Å²) in [6.07, 6.45) is 4.01. The summed E-state index contributed by atoms with van der Waals surface area (Å²) in [5.74, 6) is 0.661. The molecule has 0 aliphatic carbocycles. The number of fused-ring (bicyclic) bond motifs is 1. The van der Waals surface area contributed by atoms with Crippen molar-refractivity contribution in [2.75, 3.05) is 20.1 Å². The highest BCUT2D eigenvalue weighted by atomic mass is 32.1. The maximum atomic E-state index is 12.6. The van der Waals surface area contributed by atoms with Gasteiger partial charge >= 0.3 is 0 Å². The molecule has 0 saturated carbocycles. The van der Waals surface area contributed by atoms with Crippen LogP contribution in [0, 0.1) is 6.92 Å². The molecule has 3 heterocycles. The van der Waals surface area contributed by atoms with Crippen LogP contribution < -0.4 is 5.32 Å². The monoisotopic (exact) mass is 382 g/mol. The van der Waals surface area contributed by atoms with E-state index in [-0.39, 0.29) is 12.3 Å². The Morgan fingerprint density at radius 1 is 1.30 bits per heavy atom. The number of carbonyl (C=O) groups is 1. The minimum absolute atomic E-state index is 0.0970. The molecule has 8 heteroatoms. The van der Waals surface area contributed by atoms with Crippen LogP contribution >= 0.6 is 11.3 Å². The topological polar surface area (TPSA) is 83.9 Å². The zero-order valence-electron chi connectivity index (χ0n) is 15.5. The van der Waals surface area contributed by atoms with Crippen LogP contribution in [-0.4, -0.2) is 57.2 Å². The molecule has 1 saturated heterocycles. The standard InChI is InChI=1S/C19H22N6OS/c1-12-23-24-19(27-12)13-3-4-14-11-21-17(22-16(14)9-13)10-18(26)25-7-5-15(20-2)6-8-25/h3-4,9,11,15,20H,5-8,10H2,1-2H3. The lowest BCUT2D eigenvalue weighted by Gasteiger charge is -2.31. The molecule has 0 spiro atoms. The van der Waals surface area contributed by atoms with Crippen molar-refractivity contribution >= 4 is 28.1 Å². The summed E-state index contributed by atoms with van der Waals surface area (Å²) in [4.78, 5) is 23.5. The van der Waals surface area contributed by atoms with E-state index < -0.39 is 0 Å². The van der Waals surface area contributed by atoms with Crippen molar-refractivity contribution in [3.05, 3.63) is 35.2 Å². The van der Waals surface area contributed by atoms with Crippen LogP contribution in [-0.2, 0) is 11.2 Å². The summed E-state index contributed by atoms with van der Waals surface area (Å²) < 4.78 is 0. The molecule has 7 nitrogen and oxygen atoms in total. The smallest absolute Gasteiger partial charge is 0.230 e. The molecule has 1 N–H and O–H groups in total. The summed E-state index contributed by atoms with van der Waals surface area (Å²) in [5, 5.41) is 14.3. The molecule has 1 fully saturated rings. The molecule has 1 aliphatic heterocycles. The molecule has 140 valence electrons. The van der Waals surface area contributed by atoms with Gasteiger partial charge in [-0.2, -0.15) is 0 Å². The number of aromatic nitrogens is 4. The molecule has 4 rings (SSSR count). The van der Waals surface area contributed by atoms with Gasteiger partial charge in [-0.05, 0) is 32.9 Å². The number of aryl methyl sites for hydroxylation is 1. The lowest BCUT2D eigenvalue weighted by Crippen LogP contribution is -2.44. The molecular formula is C19H22N6OS. The molecule has 0 unspecified atom stereocenters. The van der Waals surface area contributed by atoms with Crippen molar-refractivity contribution in [3.8, 4) is 10.6 Å². The predicted molar refractivity (Wildman–Crippen MR) is 106 cm³/mol. The zero-order valence-corrected chi connectivity index (χ0v) is 16.3. The lowest BCUT2D eigenvalue weighted by atomic mass is 10.1. The van der Waals surface area contributed by atoms with E-state index in [4.69, 9.17) is 0 Å². The Bertz CT molecular complexity index is 964. The van der Waals surface area contributed by atoms with E-state index >= 15 is 0 Å². The van der Waals surface area contributed by atoms with Gasteiger partial charge in [0.05, 0.1) is 11.9 Å². The van der Waals surface area contributed by atoms with Gasteiger partial charge in [0.2, 0.25) is 5.91 Å². The van der Waals surface area contributed by atoms with E-state index in [9.17, 15) is 4.79 Å². The predicted octanol–water partition coefficient (Wildman–Crippen LogP) is 2.21. The number of nitrogens with one attached hydrogen (secondary N) is 1. The number of likely N-dealkylation sites (tertiary alicyclic amines) is 1. The number of carbonyl (C=O) groups excluding carboxylic acids is 1. The van der Waals surface area contributed by atoms with Gasteiger partial charge in [0.1, 0.15) is 15.8 Å². The molecule has 2 aromatic heterocycles. The van der Waals surface area contributed by atoms with Crippen molar-refractivity contribution in [2.45, 2.75) is 32.2 Å². The Morgan fingerprint density at radius 3 is 2.81 bits per heavy atom. The molecule has 1 amide bonds. The SMILES string of the molecule is CNC1CCN(C(=O)Cc2ncc3ccc(-c4nnc(C)s4)cc3n2)CC1. The van der Waals surface area contributed by atoms with E-state index in [2.05, 4.69) is 25.5 Å². The van der Waals surface area contributed by atoms with Crippen molar-refractivity contribution in [1.29, 1.82) is 0 Å². The summed E-state index contributed by atoms with van der Waals surface area (Å²) in [6, 6.07) is 6.48. The Morgan fingerprint density at radius 2 is 2.11 bits per heavy atom. The normalized spacial score (nSPS) is 15.4. The molecule has 0 atom stereocenters. The van der Waals surface area contributed by atoms with Crippen molar-refractivity contribution < 1.29 is 4.79 Å². The van der Waals surface area contributed by atoms with E-state index in [1.807, 2.05) is 37.1 Å². The maximum absolute atomic E-state index is 12.6. The van der Waals surface area contributed by atoms with Gasteiger partial charge in [-0.3, -0.25) is 4.79 Å². The molecule has 1 aromatic carbocycles. The molecule has 0 radical (unpaired) electrons. The molecule has 1 aliphatic rings. The summed E-state index contributed by atoms with van der Waals surface area (Å²) >= 11 is 1.55. The van der Waals surface area contributed by atoms with Gasteiger partial charge in [-0.25, -0.2) is 9.97 Å². The second kappa shape index (κ2) is 7.66. The molecule has 0 bridgehead atoms. The highest BCUT2D eigenvalue weighted by molar-refractivity contribution is 7.14. The van der Waals surface area contributed by atoms with Crippen LogP contribution in [0.4, 0.5) is 0 Å². The fraction of sp³-hybridized carbons (Fsp3) is 0.421. The van der Waals surface area contributed by atoms with Gasteiger partial charge in [0.25, 0.3) is 0 Å². The van der Waals surface area contributed by atoms with Crippen LogP contribution in [0.1, 0.15) is 23.7 Å². The van der Waals surface area contributed by atoms with Crippen LogP contribution in [0.15, 0.2) is 24.4 Å². The van der Waals surface area contributed by atoms with Gasteiger partial charge < -0.3 is 10.2 Å². The van der Waals surface area contributed by atoms with Crippen LogP contribution in [0.25, 0.3) is 21.5 Å². The number of amides is 1. The zero-order chi connectivity index (χ0) is 18.8. The van der Waals surface area contributed by atoms with Crippen molar-refractivity contribution in [1.82, 2.24) is 30.4 Å². The number of hydrogen-bond donors (Lipinski definition) is 1. The fourth-order valence-electron chi connectivity index (χ4n) is 3.36. The second-order valence-corrected chi connectivity index (χ2v) is 7.99. The van der Waals surface area contributed by atoms with Gasteiger partial charge in [0, 0.05) is 36.3 Å². The highest BCUT2D eigenvalue weighted by Crippen LogP contribution is 2.26. The third kappa shape index (κ3) is 3.96. The average molecular weight is 382 g/mol. The Kier molecular flexibility index (Phi) is 5.09. The number of hydrogen-bond acceptors (Lipinski definition) is 7. The van der Waals surface area contributed by atoms with E-state index in [0.717, 1.165) is 52.4 Å². The van der Waals surface area contributed by atoms with Crippen LogP contribution in [0.3, 0.4) is 0 Å². The number of rotatable bonds is 4. The first-order chi connectivity index (χ1) is 13.1. The first-order valence-electron chi connectivity index (χ1n) is 9.13. The number of benzene rings is 1. The Balaban J connectivity index is 1.51. The fourth-order valence-corrected chi connectivity index (χ4v) is 4.05. The quantitative estimate of drug-likeness (QED) is 0.745. The van der Waals surface area contributed by atoms with Gasteiger partial charge in [-0.1, -0.05) is 23.5 Å². The lowest BCUT2D eigenvalue weighted by molar-refractivity contribution is -0.131. The van der Waals surface area contributed by atoms with E-state index in [1.54, 1.807) is 17.5 Å². The van der Waals surface area contributed by atoms with Crippen LogP contribution in [0.2, 0.25) is 0 Å². The summed E-state index contributed by atoms with van der Waals surface area (Å²) in [5.41, 5.74) is 1.81. The van der Waals surface area contributed by atoms with Gasteiger partial charge in [0.15, 0.2) is 0 Å². The Hall–Kier alpha value is -2.45. The largest absolute Gasteiger partial charge is 0.342 e. The van der Waals surface area contributed by atoms with Gasteiger partial charge in [-0.15, -0.1) is 10.2 Å². The second-order valence-electron chi connectivity index (χ2n) is 6.81. The summed E-state index contributed by atoms with van der Waals surface area (Å²) in [6.45, 7) is 3.52. The van der Waals surface area contributed by atoms with Crippen molar-refractivity contribution in [2.24, 2.45) is 0 Å². The molecule has 27 heavy (non-hydrogen) atoms. The third-order valence-electron chi connectivity index (χ3n) is 4.97. The minimum Gasteiger partial charge on any atom is -0.342 e. The molecular weight excluding hydrogens is 360 g/mol.